The van der Waals surface area contributed by atoms with E-state index >= 15 is 0 Å². The van der Waals surface area contributed by atoms with Gasteiger partial charge in [0.25, 0.3) is 0 Å². The number of benzene rings is 1. The van der Waals surface area contributed by atoms with Gasteiger partial charge in [-0.2, -0.15) is 0 Å². The van der Waals surface area contributed by atoms with Crippen LogP contribution in [0.1, 0.15) is 43.7 Å². The topological polar surface area (TPSA) is 52.7 Å². The zero-order valence-electron chi connectivity index (χ0n) is 14.9. The lowest BCUT2D eigenvalue weighted by Crippen LogP contribution is -2.50. The number of hydrogen-bond acceptors (Lipinski definition) is 2. The Morgan fingerprint density at radius 2 is 1.92 bits per heavy atom. The average Bonchev–Trinajstić information content (AvgIpc) is 3.52. The summed E-state index contributed by atoms with van der Waals surface area (Å²) in [5.74, 6) is 0.665. The van der Waals surface area contributed by atoms with E-state index in [9.17, 15) is 9.59 Å². The minimum atomic E-state index is -0.0624. The molecule has 2 saturated carbocycles. The fourth-order valence-electron chi connectivity index (χ4n) is 3.90. The molecule has 0 radical (unpaired) electrons. The molecule has 134 valence electrons. The highest BCUT2D eigenvalue weighted by atomic mass is 16.2. The molecule has 1 atom stereocenters. The smallest absolute Gasteiger partial charge is 0.318 e. The molecule has 0 aromatic heterocycles. The van der Waals surface area contributed by atoms with Crippen LogP contribution in [0.25, 0.3) is 0 Å². The number of nitrogens with one attached hydrogen (secondary N) is 1. The highest BCUT2D eigenvalue weighted by molar-refractivity contribution is 5.84. The van der Waals surface area contributed by atoms with Crippen LogP contribution in [0.2, 0.25) is 0 Å². The number of carbonyl (C=O) groups excluding carboxylic acids is 2. The lowest BCUT2D eigenvalue weighted by Gasteiger charge is -2.31. The van der Waals surface area contributed by atoms with Crippen LogP contribution in [0.3, 0.4) is 0 Å². The number of nitrogens with zero attached hydrogens (tertiary/aromatic N) is 2. The molecule has 2 fully saturated rings. The number of carbonyl (C=O) groups is 2. The molecule has 5 nitrogen and oxygen atoms in total. The van der Waals surface area contributed by atoms with Crippen LogP contribution >= 0.6 is 0 Å². The maximum atomic E-state index is 12.6. The minimum Gasteiger partial charge on any atom is -0.336 e. The highest BCUT2D eigenvalue weighted by Gasteiger charge is 2.41. The molecule has 5 heteroatoms. The van der Waals surface area contributed by atoms with E-state index in [0.29, 0.717) is 24.5 Å². The number of rotatable bonds is 5. The minimum absolute atomic E-state index is 0.0117. The van der Waals surface area contributed by atoms with E-state index in [1.165, 1.54) is 24.0 Å². The number of urea groups is 1. The van der Waals surface area contributed by atoms with Crippen LogP contribution in [0, 0.1) is 5.92 Å². The first kappa shape index (κ1) is 16.4. The predicted molar refractivity (Wildman–Crippen MR) is 96.0 cm³/mol. The first-order chi connectivity index (χ1) is 12.1. The molecule has 3 amide bonds. The van der Waals surface area contributed by atoms with Gasteiger partial charge in [-0.25, -0.2) is 4.79 Å². The van der Waals surface area contributed by atoms with E-state index in [1.54, 1.807) is 0 Å². The van der Waals surface area contributed by atoms with Gasteiger partial charge in [0.2, 0.25) is 5.91 Å². The van der Waals surface area contributed by atoms with Gasteiger partial charge >= 0.3 is 6.03 Å². The third-order valence-corrected chi connectivity index (χ3v) is 5.79. The molecular formula is C20H27N3O2. The van der Waals surface area contributed by atoms with Crippen LogP contribution in [0.15, 0.2) is 24.3 Å². The lowest BCUT2D eigenvalue weighted by atomic mass is 10.00. The van der Waals surface area contributed by atoms with Crippen molar-refractivity contribution in [1.29, 1.82) is 0 Å². The van der Waals surface area contributed by atoms with Gasteiger partial charge in [-0.05, 0) is 56.1 Å². The molecule has 4 rings (SSSR count). The summed E-state index contributed by atoms with van der Waals surface area (Å²) in [4.78, 5) is 29.0. The maximum absolute atomic E-state index is 12.6. The lowest BCUT2D eigenvalue weighted by molar-refractivity contribution is -0.131. The summed E-state index contributed by atoms with van der Waals surface area (Å²) in [5.41, 5.74) is 2.55. The third kappa shape index (κ3) is 3.65. The summed E-state index contributed by atoms with van der Waals surface area (Å²) < 4.78 is 0. The van der Waals surface area contributed by atoms with Gasteiger partial charge in [0, 0.05) is 25.2 Å². The highest BCUT2D eigenvalue weighted by Crippen LogP contribution is 2.39. The first-order valence-corrected chi connectivity index (χ1v) is 9.54. The second-order valence-corrected chi connectivity index (χ2v) is 7.71. The first-order valence-electron chi connectivity index (χ1n) is 9.54. The Hall–Kier alpha value is -2.04. The van der Waals surface area contributed by atoms with E-state index in [2.05, 4.69) is 24.4 Å². The second-order valence-electron chi connectivity index (χ2n) is 7.71. The molecule has 2 aliphatic carbocycles. The summed E-state index contributed by atoms with van der Waals surface area (Å²) in [6, 6.07) is 8.89. The van der Waals surface area contributed by atoms with Crippen molar-refractivity contribution in [3.05, 3.63) is 35.4 Å². The standard InChI is InChI=1S/C20H27N3O2/c1-14(15-6-7-15)23(18-8-9-18)20(25)21-12-19(24)22-11-10-16-4-2-3-5-17(16)13-22/h2-5,14-15,18H,6-13H2,1H3,(H,21,25)/t14-/m1/s1. The molecule has 0 saturated heterocycles. The fourth-order valence-corrected chi connectivity index (χ4v) is 3.90. The summed E-state index contributed by atoms with van der Waals surface area (Å²) in [6.07, 6.45) is 5.54. The predicted octanol–water partition coefficient (Wildman–Crippen LogP) is 2.54. The zero-order valence-corrected chi connectivity index (χ0v) is 14.9. The molecular weight excluding hydrogens is 314 g/mol. The van der Waals surface area contributed by atoms with Gasteiger partial charge in [0.05, 0.1) is 6.54 Å². The van der Waals surface area contributed by atoms with Gasteiger partial charge < -0.3 is 15.1 Å². The van der Waals surface area contributed by atoms with Crippen LogP contribution in [-0.2, 0) is 17.8 Å². The molecule has 0 bridgehead atoms. The van der Waals surface area contributed by atoms with Crippen LogP contribution in [0.5, 0.6) is 0 Å². The zero-order chi connectivity index (χ0) is 17.4. The Kier molecular flexibility index (Phi) is 4.40. The quantitative estimate of drug-likeness (QED) is 0.895. The Labute approximate surface area is 149 Å². The van der Waals surface area contributed by atoms with E-state index < -0.39 is 0 Å². The van der Waals surface area contributed by atoms with Crippen molar-refractivity contribution in [3.8, 4) is 0 Å². The van der Waals surface area contributed by atoms with Crippen molar-refractivity contribution in [3.63, 3.8) is 0 Å². The van der Waals surface area contributed by atoms with E-state index in [0.717, 1.165) is 25.8 Å². The Morgan fingerprint density at radius 3 is 2.60 bits per heavy atom. The van der Waals surface area contributed by atoms with Crippen molar-refractivity contribution in [2.24, 2.45) is 5.92 Å². The molecule has 0 spiro atoms. The summed E-state index contributed by atoms with van der Waals surface area (Å²) in [7, 11) is 0. The molecule has 1 N–H and O–H groups in total. The molecule has 25 heavy (non-hydrogen) atoms. The van der Waals surface area contributed by atoms with Crippen molar-refractivity contribution < 1.29 is 9.59 Å². The number of amides is 3. The van der Waals surface area contributed by atoms with Gasteiger partial charge in [0.15, 0.2) is 0 Å². The maximum Gasteiger partial charge on any atom is 0.318 e. The second kappa shape index (κ2) is 6.70. The van der Waals surface area contributed by atoms with Crippen LogP contribution in [0.4, 0.5) is 4.79 Å². The van der Waals surface area contributed by atoms with Gasteiger partial charge in [0.1, 0.15) is 0 Å². The van der Waals surface area contributed by atoms with Crippen molar-refractivity contribution in [2.45, 2.75) is 57.7 Å². The molecule has 1 aromatic carbocycles. The normalized spacial score (nSPS) is 20.6. The number of hydrogen-bond donors (Lipinski definition) is 1. The van der Waals surface area contributed by atoms with Crippen LogP contribution < -0.4 is 5.32 Å². The Balaban J connectivity index is 1.31. The van der Waals surface area contributed by atoms with Crippen molar-refractivity contribution in [1.82, 2.24) is 15.1 Å². The van der Waals surface area contributed by atoms with Gasteiger partial charge in [-0.15, -0.1) is 0 Å². The number of fused-ring (bicyclic) bond motifs is 1. The van der Waals surface area contributed by atoms with E-state index in [4.69, 9.17) is 0 Å². The molecule has 3 aliphatic rings. The Morgan fingerprint density at radius 1 is 1.20 bits per heavy atom. The van der Waals surface area contributed by atoms with Crippen LogP contribution in [-0.4, -0.2) is 46.9 Å². The van der Waals surface area contributed by atoms with Gasteiger partial charge in [-0.1, -0.05) is 24.3 Å². The summed E-state index contributed by atoms with van der Waals surface area (Å²) in [5, 5.41) is 2.88. The largest absolute Gasteiger partial charge is 0.336 e. The fraction of sp³-hybridized carbons (Fsp3) is 0.600. The van der Waals surface area contributed by atoms with Crippen molar-refractivity contribution >= 4 is 11.9 Å². The molecule has 1 heterocycles. The van der Waals surface area contributed by atoms with E-state index in [-0.39, 0.29) is 18.5 Å². The average molecular weight is 341 g/mol. The molecule has 1 aromatic rings. The third-order valence-electron chi connectivity index (χ3n) is 5.79. The molecule has 0 unspecified atom stereocenters. The van der Waals surface area contributed by atoms with Gasteiger partial charge in [-0.3, -0.25) is 4.79 Å². The Bertz CT molecular complexity index is 667. The summed E-state index contributed by atoms with van der Waals surface area (Å²) in [6.45, 7) is 3.63. The molecule has 1 aliphatic heterocycles. The van der Waals surface area contributed by atoms with Crippen molar-refractivity contribution in [2.75, 3.05) is 13.1 Å². The monoisotopic (exact) mass is 341 g/mol. The SMILES string of the molecule is C[C@H](C1CC1)N(C(=O)NCC(=O)N1CCc2ccccc2C1)C1CC1. The summed E-state index contributed by atoms with van der Waals surface area (Å²) >= 11 is 0. The van der Waals surface area contributed by atoms with E-state index in [1.807, 2.05) is 21.9 Å².